The highest BCUT2D eigenvalue weighted by atomic mass is 16.5. The predicted octanol–water partition coefficient (Wildman–Crippen LogP) is 2.04. The van der Waals surface area contributed by atoms with E-state index in [0.717, 1.165) is 43.5 Å². The van der Waals surface area contributed by atoms with Crippen molar-refractivity contribution in [3.05, 3.63) is 29.8 Å². The van der Waals surface area contributed by atoms with Gasteiger partial charge >= 0.3 is 0 Å². The zero-order chi connectivity index (χ0) is 19.3. The summed E-state index contributed by atoms with van der Waals surface area (Å²) in [5, 5.41) is 12.7. The minimum absolute atomic E-state index is 0.0252. The first-order chi connectivity index (χ1) is 13.0. The number of ether oxygens (including phenoxy) is 1. The zero-order valence-corrected chi connectivity index (χ0v) is 16.1. The SMILES string of the molecule is COc1cccc(C[C@@]2(CCC(=O)N3CCCC[C@H]3CO)CCC(=O)N2)c1. The number of piperidine rings is 1. The van der Waals surface area contributed by atoms with Gasteiger partial charge in [-0.05, 0) is 56.2 Å². The quantitative estimate of drug-likeness (QED) is 0.766. The van der Waals surface area contributed by atoms with Crippen molar-refractivity contribution in [1.29, 1.82) is 0 Å². The maximum atomic E-state index is 12.8. The second-order valence-corrected chi connectivity index (χ2v) is 7.78. The number of methoxy groups -OCH3 is 1. The monoisotopic (exact) mass is 374 g/mol. The van der Waals surface area contributed by atoms with Gasteiger partial charge in [0.1, 0.15) is 5.75 Å². The third kappa shape index (κ3) is 4.80. The van der Waals surface area contributed by atoms with Crippen LogP contribution in [-0.4, -0.2) is 53.7 Å². The Balaban J connectivity index is 1.67. The summed E-state index contributed by atoms with van der Waals surface area (Å²) in [7, 11) is 1.64. The molecule has 2 aliphatic heterocycles. The summed E-state index contributed by atoms with van der Waals surface area (Å²) in [4.78, 5) is 26.6. The molecule has 0 aromatic heterocycles. The lowest BCUT2D eigenvalue weighted by molar-refractivity contribution is -0.136. The van der Waals surface area contributed by atoms with Crippen LogP contribution in [0, 0.1) is 0 Å². The van der Waals surface area contributed by atoms with E-state index < -0.39 is 0 Å². The fourth-order valence-corrected chi connectivity index (χ4v) is 4.36. The summed E-state index contributed by atoms with van der Waals surface area (Å²) in [6, 6.07) is 7.81. The Hall–Kier alpha value is -2.08. The molecule has 0 radical (unpaired) electrons. The van der Waals surface area contributed by atoms with Crippen LogP contribution in [0.3, 0.4) is 0 Å². The average molecular weight is 374 g/mol. The van der Waals surface area contributed by atoms with Crippen LogP contribution in [0.2, 0.25) is 0 Å². The van der Waals surface area contributed by atoms with E-state index >= 15 is 0 Å². The molecule has 0 saturated carbocycles. The van der Waals surface area contributed by atoms with Crippen LogP contribution in [0.5, 0.6) is 5.75 Å². The lowest BCUT2D eigenvalue weighted by atomic mass is 9.84. The Morgan fingerprint density at radius 3 is 2.96 bits per heavy atom. The van der Waals surface area contributed by atoms with Gasteiger partial charge in [-0.2, -0.15) is 0 Å². The van der Waals surface area contributed by atoms with Gasteiger partial charge in [0.05, 0.1) is 19.8 Å². The lowest BCUT2D eigenvalue weighted by Crippen LogP contribution is -2.48. The predicted molar refractivity (Wildman–Crippen MR) is 102 cm³/mol. The van der Waals surface area contributed by atoms with Crippen LogP contribution in [0.15, 0.2) is 24.3 Å². The molecule has 6 nitrogen and oxygen atoms in total. The second kappa shape index (κ2) is 8.74. The normalized spacial score (nSPS) is 25.3. The minimum Gasteiger partial charge on any atom is -0.497 e. The summed E-state index contributed by atoms with van der Waals surface area (Å²) in [5.74, 6) is 0.929. The third-order valence-corrected chi connectivity index (χ3v) is 5.89. The number of rotatable bonds is 7. The largest absolute Gasteiger partial charge is 0.497 e. The highest BCUT2D eigenvalue weighted by Gasteiger charge is 2.38. The fourth-order valence-electron chi connectivity index (χ4n) is 4.36. The molecule has 0 spiro atoms. The van der Waals surface area contributed by atoms with Crippen LogP contribution in [0.4, 0.5) is 0 Å². The molecular formula is C21H30N2O4. The topological polar surface area (TPSA) is 78.9 Å². The number of amides is 2. The summed E-state index contributed by atoms with van der Waals surface area (Å²) in [6.07, 6.45) is 5.85. The zero-order valence-electron chi connectivity index (χ0n) is 16.1. The molecule has 2 fully saturated rings. The van der Waals surface area contributed by atoms with Gasteiger partial charge in [-0.25, -0.2) is 0 Å². The number of carbonyl (C=O) groups excluding carboxylic acids is 2. The number of carbonyl (C=O) groups is 2. The molecule has 2 N–H and O–H groups in total. The van der Waals surface area contributed by atoms with E-state index in [1.807, 2.05) is 29.2 Å². The van der Waals surface area contributed by atoms with Gasteiger partial charge in [0, 0.05) is 24.9 Å². The smallest absolute Gasteiger partial charge is 0.222 e. The number of benzene rings is 1. The van der Waals surface area contributed by atoms with Crippen molar-refractivity contribution in [3.63, 3.8) is 0 Å². The summed E-state index contributed by atoms with van der Waals surface area (Å²) >= 11 is 0. The molecule has 2 heterocycles. The molecular weight excluding hydrogens is 344 g/mol. The molecule has 0 bridgehead atoms. The maximum absolute atomic E-state index is 12.8. The van der Waals surface area contributed by atoms with Crippen molar-refractivity contribution < 1.29 is 19.4 Å². The van der Waals surface area contributed by atoms with Crippen molar-refractivity contribution in [2.75, 3.05) is 20.3 Å². The first-order valence-electron chi connectivity index (χ1n) is 9.89. The molecule has 148 valence electrons. The van der Waals surface area contributed by atoms with E-state index in [-0.39, 0.29) is 30.0 Å². The number of hydrogen-bond acceptors (Lipinski definition) is 4. The molecule has 27 heavy (non-hydrogen) atoms. The summed E-state index contributed by atoms with van der Waals surface area (Å²) in [5.41, 5.74) is 0.707. The maximum Gasteiger partial charge on any atom is 0.222 e. The van der Waals surface area contributed by atoms with Gasteiger partial charge < -0.3 is 20.1 Å². The second-order valence-electron chi connectivity index (χ2n) is 7.78. The van der Waals surface area contributed by atoms with Gasteiger partial charge in [-0.3, -0.25) is 9.59 Å². The van der Waals surface area contributed by atoms with Gasteiger partial charge in [0.15, 0.2) is 0 Å². The Morgan fingerprint density at radius 2 is 2.26 bits per heavy atom. The molecule has 2 amide bonds. The van der Waals surface area contributed by atoms with E-state index in [0.29, 0.717) is 25.7 Å². The third-order valence-electron chi connectivity index (χ3n) is 5.89. The van der Waals surface area contributed by atoms with Crippen molar-refractivity contribution in [2.24, 2.45) is 0 Å². The Labute approximate surface area is 160 Å². The van der Waals surface area contributed by atoms with Crippen molar-refractivity contribution in [3.8, 4) is 5.75 Å². The summed E-state index contributed by atoms with van der Waals surface area (Å²) in [6.45, 7) is 0.747. The Bertz CT molecular complexity index is 678. The molecule has 2 atom stereocenters. The van der Waals surface area contributed by atoms with Gasteiger partial charge in [-0.1, -0.05) is 12.1 Å². The van der Waals surface area contributed by atoms with Crippen molar-refractivity contribution >= 4 is 11.8 Å². The van der Waals surface area contributed by atoms with Crippen molar-refractivity contribution in [2.45, 2.75) is 62.9 Å². The number of nitrogens with one attached hydrogen (secondary N) is 1. The number of aliphatic hydroxyl groups excluding tert-OH is 1. The fraction of sp³-hybridized carbons (Fsp3) is 0.619. The van der Waals surface area contributed by atoms with E-state index in [1.165, 1.54) is 0 Å². The van der Waals surface area contributed by atoms with Crippen LogP contribution < -0.4 is 10.1 Å². The number of likely N-dealkylation sites (tertiary alicyclic amines) is 1. The summed E-state index contributed by atoms with van der Waals surface area (Å²) < 4.78 is 5.30. The molecule has 2 saturated heterocycles. The van der Waals surface area contributed by atoms with Gasteiger partial charge in [0.25, 0.3) is 0 Å². The molecule has 0 aliphatic carbocycles. The first kappa shape index (κ1) is 19.7. The lowest BCUT2D eigenvalue weighted by Gasteiger charge is -2.36. The number of hydrogen-bond donors (Lipinski definition) is 2. The van der Waals surface area contributed by atoms with Gasteiger partial charge in [0.2, 0.25) is 11.8 Å². The van der Waals surface area contributed by atoms with Crippen LogP contribution in [0.1, 0.15) is 50.5 Å². The first-order valence-corrected chi connectivity index (χ1v) is 9.89. The van der Waals surface area contributed by atoms with E-state index in [9.17, 15) is 14.7 Å². The van der Waals surface area contributed by atoms with Gasteiger partial charge in [-0.15, -0.1) is 0 Å². The van der Waals surface area contributed by atoms with E-state index in [4.69, 9.17) is 4.74 Å². The Kier molecular flexibility index (Phi) is 6.37. The molecule has 3 rings (SSSR count). The van der Waals surface area contributed by atoms with Crippen LogP contribution in [-0.2, 0) is 16.0 Å². The van der Waals surface area contributed by atoms with E-state index in [2.05, 4.69) is 5.32 Å². The molecule has 1 aromatic carbocycles. The molecule has 2 aliphatic rings. The molecule has 1 aromatic rings. The van der Waals surface area contributed by atoms with Crippen molar-refractivity contribution in [1.82, 2.24) is 10.2 Å². The standard InChI is InChI=1S/C21H30N2O4/c1-27-18-7-4-5-16(13-18)14-21(10-8-19(25)22-21)11-9-20(26)23-12-3-2-6-17(23)15-24/h4-5,7,13,17,24H,2-3,6,8-12,14-15H2,1H3,(H,22,25)/t17-,21-/m0/s1. The number of nitrogens with zero attached hydrogens (tertiary/aromatic N) is 1. The van der Waals surface area contributed by atoms with Crippen LogP contribution in [0.25, 0.3) is 0 Å². The number of aliphatic hydroxyl groups is 1. The molecule has 6 heteroatoms. The van der Waals surface area contributed by atoms with Crippen LogP contribution >= 0.6 is 0 Å². The highest BCUT2D eigenvalue weighted by molar-refractivity contribution is 5.80. The molecule has 0 unspecified atom stereocenters. The van der Waals surface area contributed by atoms with E-state index in [1.54, 1.807) is 7.11 Å². The Morgan fingerprint density at radius 1 is 1.41 bits per heavy atom. The highest BCUT2D eigenvalue weighted by Crippen LogP contribution is 2.31. The average Bonchev–Trinajstić information content (AvgIpc) is 3.06. The minimum atomic E-state index is -0.385.